The quantitative estimate of drug-likeness (QED) is 0.470. The van der Waals surface area contributed by atoms with E-state index < -0.39 is 0 Å². The summed E-state index contributed by atoms with van der Waals surface area (Å²) in [6.45, 7) is 2.52. The van der Waals surface area contributed by atoms with Gasteiger partial charge in [0.15, 0.2) is 0 Å². The molecule has 2 aromatic carbocycles. The van der Waals surface area contributed by atoms with Gasteiger partial charge >= 0.3 is 0 Å². The molecule has 6 nitrogen and oxygen atoms in total. The van der Waals surface area contributed by atoms with Gasteiger partial charge in [-0.05, 0) is 36.6 Å². The highest BCUT2D eigenvalue weighted by atomic mass is 16.1. The average molecular weight is 426 g/mol. The van der Waals surface area contributed by atoms with Crippen LogP contribution in [0.4, 0.5) is 5.95 Å². The third-order valence-corrected chi connectivity index (χ3v) is 5.45. The summed E-state index contributed by atoms with van der Waals surface area (Å²) in [6.07, 6.45) is 4.15. The van der Waals surface area contributed by atoms with E-state index in [4.69, 9.17) is 10.7 Å². The number of nitrogens with zero attached hydrogens (tertiary/aromatic N) is 3. The summed E-state index contributed by atoms with van der Waals surface area (Å²) < 4.78 is 1.55. The molecule has 2 aromatic heterocycles. The molecule has 32 heavy (non-hydrogen) atoms. The van der Waals surface area contributed by atoms with Crippen LogP contribution in [0.5, 0.6) is 0 Å². The van der Waals surface area contributed by atoms with Crippen LogP contribution in [0.15, 0.2) is 83.9 Å². The topological polar surface area (TPSA) is 85.8 Å². The molecule has 0 radical (unpaired) electrons. The smallest absolute Gasteiger partial charge is 0.263 e. The molecule has 4 rings (SSSR count). The molecular weight excluding hydrogens is 398 g/mol. The van der Waals surface area contributed by atoms with Crippen molar-refractivity contribution >= 4 is 5.95 Å². The van der Waals surface area contributed by atoms with Crippen molar-refractivity contribution in [3.63, 3.8) is 0 Å². The van der Waals surface area contributed by atoms with E-state index in [0.29, 0.717) is 23.8 Å². The SMILES string of the molecule is Cc1ccc(-c2c(-c3ccncc3)nc(NC[C@H](N)Cc3ccccc3)n(C)c2=O)cc1. The molecule has 0 aliphatic carbocycles. The Morgan fingerprint density at radius 1 is 0.969 bits per heavy atom. The second-order valence-electron chi connectivity index (χ2n) is 7.96. The van der Waals surface area contributed by atoms with Crippen molar-refractivity contribution < 1.29 is 0 Å². The van der Waals surface area contributed by atoms with Crippen LogP contribution in [0.2, 0.25) is 0 Å². The van der Waals surface area contributed by atoms with Crippen LogP contribution in [-0.4, -0.2) is 27.1 Å². The number of aromatic nitrogens is 3. The maximum Gasteiger partial charge on any atom is 0.263 e. The maximum atomic E-state index is 13.4. The Balaban J connectivity index is 1.69. The highest BCUT2D eigenvalue weighted by Gasteiger charge is 2.18. The lowest BCUT2D eigenvalue weighted by atomic mass is 10.00. The normalized spacial score (nSPS) is 11.8. The molecule has 0 aliphatic rings. The third-order valence-electron chi connectivity index (χ3n) is 5.45. The summed E-state index contributed by atoms with van der Waals surface area (Å²) in [6, 6.07) is 21.7. The molecule has 0 bridgehead atoms. The minimum absolute atomic E-state index is 0.115. The van der Waals surface area contributed by atoms with Crippen LogP contribution >= 0.6 is 0 Å². The highest BCUT2D eigenvalue weighted by Crippen LogP contribution is 2.28. The first-order valence-electron chi connectivity index (χ1n) is 10.6. The fraction of sp³-hybridized carbons (Fsp3) is 0.192. The van der Waals surface area contributed by atoms with E-state index in [0.717, 1.165) is 23.1 Å². The number of pyridine rings is 1. The fourth-order valence-corrected chi connectivity index (χ4v) is 3.67. The summed E-state index contributed by atoms with van der Waals surface area (Å²) in [7, 11) is 1.73. The average Bonchev–Trinajstić information content (AvgIpc) is 2.82. The standard InChI is InChI=1S/C26H27N5O/c1-18-8-10-20(11-9-18)23-24(21-12-14-28-15-13-21)30-26(31(2)25(23)32)29-17-22(27)16-19-6-4-3-5-7-19/h3-15,22H,16-17,27H2,1-2H3,(H,29,30)/t22-/m1/s1. The van der Waals surface area contributed by atoms with Crippen molar-refractivity contribution in [2.24, 2.45) is 12.8 Å². The Morgan fingerprint density at radius 3 is 2.34 bits per heavy atom. The van der Waals surface area contributed by atoms with Gasteiger partial charge in [0, 0.05) is 37.6 Å². The predicted octanol–water partition coefficient (Wildman–Crippen LogP) is 3.80. The first-order valence-corrected chi connectivity index (χ1v) is 10.6. The van der Waals surface area contributed by atoms with E-state index in [1.807, 2.05) is 61.5 Å². The Kier molecular flexibility index (Phi) is 6.42. The zero-order valence-electron chi connectivity index (χ0n) is 18.3. The second kappa shape index (κ2) is 9.58. The van der Waals surface area contributed by atoms with E-state index >= 15 is 0 Å². The number of benzene rings is 2. The molecule has 3 N–H and O–H groups in total. The van der Waals surface area contributed by atoms with Crippen LogP contribution in [-0.2, 0) is 13.5 Å². The maximum absolute atomic E-state index is 13.4. The molecule has 2 heterocycles. The summed E-state index contributed by atoms with van der Waals surface area (Å²) in [5.41, 5.74) is 11.4. The van der Waals surface area contributed by atoms with Gasteiger partial charge in [0.2, 0.25) is 5.95 Å². The number of hydrogen-bond acceptors (Lipinski definition) is 5. The zero-order valence-corrected chi connectivity index (χ0v) is 18.3. The van der Waals surface area contributed by atoms with Gasteiger partial charge in [-0.25, -0.2) is 4.98 Å². The van der Waals surface area contributed by atoms with Gasteiger partial charge in [0.05, 0.1) is 11.3 Å². The van der Waals surface area contributed by atoms with Crippen LogP contribution in [0.1, 0.15) is 11.1 Å². The molecule has 0 unspecified atom stereocenters. The van der Waals surface area contributed by atoms with Crippen LogP contribution in [0, 0.1) is 6.92 Å². The van der Waals surface area contributed by atoms with Crippen molar-refractivity contribution in [1.29, 1.82) is 0 Å². The van der Waals surface area contributed by atoms with Crippen molar-refractivity contribution in [3.8, 4) is 22.4 Å². The lowest BCUT2D eigenvalue weighted by molar-refractivity contribution is 0.688. The van der Waals surface area contributed by atoms with Gasteiger partial charge in [-0.3, -0.25) is 14.3 Å². The van der Waals surface area contributed by atoms with Gasteiger partial charge in [-0.2, -0.15) is 0 Å². The molecule has 4 aromatic rings. The lowest BCUT2D eigenvalue weighted by Gasteiger charge is -2.18. The van der Waals surface area contributed by atoms with Gasteiger partial charge in [-0.15, -0.1) is 0 Å². The van der Waals surface area contributed by atoms with E-state index in [-0.39, 0.29) is 11.6 Å². The minimum Gasteiger partial charge on any atom is -0.354 e. The number of nitrogens with one attached hydrogen (secondary N) is 1. The Hall–Kier alpha value is -3.77. The minimum atomic E-state index is -0.116. The molecule has 0 aliphatic heterocycles. The van der Waals surface area contributed by atoms with E-state index in [1.165, 1.54) is 5.56 Å². The van der Waals surface area contributed by atoms with Gasteiger partial charge in [0.25, 0.3) is 5.56 Å². The predicted molar refractivity (Wildman–Crippen MR) is 129 cm³/mol. The molecule has 0 spiro atoms. The fourth-order valence-electron chi connectivity index (χ4n) is 3.67. The van der Waals surface area contributed by atoms with Gasteiger partial charge < -0.3 is 11.1 Å². The second-order valence-corrected chi connectivity index (χ2v) is 7.96. The first kappa shape index (κ1) is 21.5. The number of rotatable bonds is 7. The molecule has 162 valence electrons. The van der Waals surface area contributed by atoms with Crippen LogP contribution < -0.4 is 16.6 Å². The summed E-state index contributed by atoms with van der Waals surface area (Å²) in [5, 5.41) is 3.28. The van der Waals surface area contributed by atoms with E-state index in [1.54, 1.807) is 24.0 Å². The molecular formula is C26H27N5O. The monoisotopic (exact) mass is 425 g/mol. The summed E-state index contributed by atoms with van der Waals surface area (Å²) >= 11 is 0. The lowest BCUT2D eigenvalue weighted by Crippen LogP contribution is -2.34. The van der Waals surface area contributed by atoms with Gasteiger partial charge in [-0.1, -0.05) is 60.2 Å². The Morgan fingerprint density at radius 2 is 1.66 bits per heavy atom. The van der Waals surface area contributed by atoms with Crippen molar-refractivity contribution in [1.82, 2.24) is 14.5 Å². The molecule has 0 fully saturated rings. The van der Waals surface area contributed by atoms with E-state index in [9.17, 15) is 4.79 Å². The molecule has 0 saturated heterocycles. The van der Waals surface area contributed by atoms with Crippen LogP contribution in [0.25, 0.3) is 22.4 Å². The molecule has 1 atom stereocenters. The van der Waals surface area contributed by atoms with Crippen molar-refractivity contribution in [2.75, 3.05) is 11.9 Å². The van der Waals surface area contributed by atoms with Gasteiger partial charge in [0.1, 0.15) is 0 Å². The van der Waals surface area contributed by atoms with Crippen LogP contribution in [0.3, 0.4) is 0 Å². The third kappa shape index (κ3) is 4.76. The highest BCUT2D eigenvalue weighted by molar-refractivity contribution is 5.80. The zero-order chi connectivity index (χ0) is 22.5. The largest absolute Gasteiger partial charge is 0.354 e. The molecule has 0 saturated carbocycles. The van der Waals surface area contributed by atoms with E-state index in [2.05, 4.69) is 22.4 Å². The number of anilines is 1. The Labute approximate surface area is 187 Å². The summed E-state index contributed by atoms with van der Waals surface area (Å²) in [5.74, 6) is 0.487. The summed E-state index contributed by atoms with van der Waals surface area (Å²) in [4.78, 5) is 22.4. The first-order chi connectivity index (χ1) is 15.5. The molecule has 0 amide bonds. The van der Waals surface area contributed by atoms with Crippen molar-refractivity contribution in [3.05, 3.63) is 101 Å². The Bertz CT molecular complexity index is 1240. The number of nitrogens with two attached hydrogens (primary N) is 1. The number of hydrogen-bond donors (Lipinski definition) is 2. The number of aryl methyl sites for hydroxylation is 1. The van der Waals surface area contributed by atoms with Crippen molar-refractivity contribution in [2.45, 2.75) is 19.4 Å². The molecule has 6 heteroatoms.